The predicted octanol–water partition coefficient (Wildman–Crippen LogP) is 2.02. The SMILES string of the molecule is CC(C)(C)NC(=O)NCc1ccccc1C#CCCO. The molecule has 20 heavy (non-hydrogen) atoms. The molecule has 1 aromatic carbocycles. The van der Waals surface area contributed by atoms with Crippen molar-refractivity contribution in [1.29, 1.82) is 0 Å². The highest BCUT2D eigenvalue weighted by atomic mass is 16.2. The molecule has 0 aliphatic carbocycles. The molecule has 0 unspecified atom stereocenters. The van der Waals surface area contributed by atoms with Gasteiger partial charge in [0.05, 0.1) is 6.61 Å². The molecule has 1 rings (SSSR count). The number of rotatable bonds is 3. The monoisotopic (exact) mass is 274 g/mol. The van der Waals surface area contributed by atoms with Crippen molar-refractivity contribution < 1.29 is 9.90 Å². The van der Waals surface area contributed by atoms with E-state index in [4.69, 9.17) is 5.11 Å². The number of carbonyl (C=O) groups excluding carboxylic acids is 1. The van der Waals surface area contributed by atoms with Crippen LogP contribution in [-0.4, -0.2) is 23.3 Å². The minimum absolute atomic E-state index is 0.0569. The van der Waals surface area contributed by atoms with Crippen LogP contribution in [0.15, 0.2) is 24.3 Å². The van der Waals surface area contributed by atoms with Crippen molar-refractivity contribution in [3.63, 3.8) is 0 Å². The number of carbonyl (C=O) groups is 1. The molecule has 0 bridgehead atoms. The maximum Gasteiger partial charge on any atom is 0.315 e. The highest BCUT2D eigenvalue weighted by Crippen LogP contribution is 2.07. The fraction of sp³-hybridized carbons (Fsp3) is 0.438. The molecule has 1 aromatic rings. The Morgan fingerprint density at radius 3 is 2.65 bits per heavy atom. The molecule has 2 amide bonds. The number of urea groups is 1. The zero-order chi connectivity index (χ0) is 15.0. The largest absolute Gasteiger partial charge is 0.395 e. The van der Waals surface area contributed by atoms with Gasteiger partial charge in [0.15, 0.2) is 0 Å². The summed E-state index contributed by atoms with van der Waals surface area (Å²) < 4.78 is 0. The van der Waals surface area contributed by atoms with Gasteiger partial charge in [0.2, 0.25) is 0 Å². The molecule has 0 spiro atoms. The van der Waals surface area contributed by atoms with E-state index in [0.29, 0.717) is 13.0 Å². The van der Waals surface area contributed by atoms with Gasteiger partial charge in [-0.3, -0.25) is 0 Å². The van der Waals surface area contributed by atoms with Crippen molar-refractivity contribution in [2.45, 2.75) is 39.3 Å². The molecule has 0 fully saturated rings. The van der Waals surface area contributed by atoms with E-state index in [0.717, 1.165) is 11.1 Å². The number of aliphatic hydroxyl groups excluding tert-OH is 1. The van der Waals surface area contributed by atoms with E-state index in [1.165, 1.54) is 0 Å². The smallest absolute Gasteiger partial charge is 0.315 e. The number of benzene rings is 1. The normalized spacial score (nSPS) is 10.4. The molecule has 0 aliphatic rings. The first-order valence-corrected chi connectivity index (χ1v) is 6.66. The second kappa shape index (κ2) is 7.56. The van der Waals surface area contributed by atoms with Gasteiger partial charge in [-0.15, -0.1) is 0 Å². The van der Waals surface area contributed by atoms with Gasteiger partial charge in [-0.05, 0) is 32.4 Å². The Balaban J connectivity index is 2.65. The van der Waals surface area contributed by atoms with E-state index in [1.54, 1.807) is 0 Å². The lowest BCUT2D eigenvalue weighted by Crippen LogP contribution is -2.46. The summed E-state index contributed by atoms with van der Waals surface area (Å²) in [6, 6.07) is 7.46. The van der Waals surface area contributed by atoms with Crippen LogP contribution in [0.25, 0.3) is 0 Å². The third-order valence-electron chi connectivity index (χ3n) is 2.41. The van der Waals surface area contributed by atoms with Crippen molar-refractivity contribution in [2.75, 3.05) is 6.61 Å². The summed E-state index contributed by atoms with van der Waals surface area (Å²) >= 11 is 0. The van der Waals surface area contributed by atoms with E-state index in [-0.39, 0.29) is 18.2 Å². The van der Waals surface area contributed by atoms with Gasteiger partial charge < -0.3 is 15.7 Å². The third kappa shape index (κ3) is 6.26. The zero-order valence-corrected chi connectivity index (χ0v) is 12.3. The number of hydrogen-bond acceptors (Lipinski definition) is 2. The first-order chi connectivity index (χ1) is 9.42. The van der Waals surface area contributed by atoms with E-state index in [9.17, 15) is 4.79 Å². The number of aliphatic hydroxyl groups is 1. The Labute approximate surface area is 120 Å². The molecule has 3 N–H and O–H groups in total. The van der Waals surface area contributed by atoms with Crippen LogP contribution in [0, 0.1) is 11.8 Å². The van der Waals surface area contributed by atoms with E-state index < -0.39 is 0 Å². The van der Waals surface area contributed by atoms with Gasteiger partial charge in [-0.25, -0.2) is 4.79 Å². The number of nitrogens with one attached hydrogen (secondary N) is 2. The molecule has 0 aliphatic heterocycles. The summed E-state index contributed by atoms with van der Waals surface area (Å²) in [5.74, 6) is 5.89. The Morgan fingerprint density at radius 1 is 1.30 bits per heavy atom. The average molecular weight is 274 g/mol. The first kappa shape index (κ1) is 16.1. The molecule has 0 radical (unpaired) electrons. The first-order valence-electron chi connectivity index (χ1n) is 6.66. The highest BCUT2D eigenvalue weighted by molar-refractivity contribution is 5.74. The lowest BCUT2D eigenvalue weighted by molar-refractivity contribution is 0.231. The summed E-state index contributed by atoms with van der Waals surface area (Å²) in [5.41, 5.74) is 1.57. The summed E-state index contributed by atoms with van der Waals surface area (Å²) in [4.78, 5) is 11.7. The lowest BCUT2D eigenvalue weighted by atomic mass is 10.1. The average Bonchev–Trinajstić information content (AvgIpc) is 2.36. The van der Waals surface area contributed by atoms with Crippen molar-refractivity contribution in [3.05, 3.63) is 35.4 Å². The Morgan fingerprint density at radius 2 is 2.00 bits per heavy atom. The summed E-state index contributed by atoms with van der Waals surface area (Å²) in [5, 5.41) is 14.4. The molecule has 108 valence electrons. The fourth-order valence-corrected chi connectivity index (χ4v) is 1.57. The number of amides is 2. The van der Waals surface area contributed by atoms with Crippen molar-refractivity contribution in [3.8, 4) is 11.8 Å². The van der Waals surface area contributed by atoms with Gasteiger partial charge in [0.1, 0.15) is 0 Å². The molecule has 0 aromatic heterocycles. The zero-order valence-electron chi connectivity index (χ0n) is 12.3. The molecule has 0 heterocycles. The van der Waals surface area contributed by atoms with E-state index in [1.807, 2.05) is 45.0 Å². The summed E-state index contributed by atoms with van der Waals surface area (Å²) in [6.07, 6.45) is 0.451. The highest BCUT2D eigenvalue weighted by Gasteiger charge is 2.13. The molecular formula is C16H22N2O2. The predicted molar refractivity (Wildman–Crippen MR) is 80.1 cm³/mol. The maximum absolute atomic E-state index is 11.7. The van der Waals surface area contributed by atoms with Crippen LogP contribution in [-0.2, 0) is 6.54 Å². The molecule has 0 saturated heterocycles. The Hall–Kier alpha value is -1.99. The summed E-state index contributed by atoms with van der Waals surface area (Å²) in [7, 11) is 0. The van der Waals surface area contributed by atoms with Gasteiger partial charge in [0.25, 0.3) is 0 Å². The van der Waals surface area contributed by atoms with Gasteiger partial charge in [-0.2, -0.15) is 0 Å². The molecule has 0 saturated carbocycles. The van der Waals surface area contributed by atoms with Crippen LogP contribution in [0.3, 0.4) is 0 Å². The van der Waals surface area contributed by atoms with Crippen LogP contribution in [0.5, 0.6) is 0 Å². The van der Waals surface area contributed by atoms with Gasteiger partial charge in [-0.1, -0.05) is 30.0 Å². The quantitative estimate of drug-likeness (QED) is 0.738. The Bertz CT molecular complexity index is 507. The molecule has 4 nitrogen and oxygen atoms in total. The third-order valence-corrected chi connectivity index (χ3v) is 2.41. The molecule has 0 atom stereocenters. The maximum atomic E-state index is 11.7. The van der Waals surface area contributed by atoms with Crippen molar-refractivity contribution in [2.24, 2.45) is 0 Å². The Kier molecular flexibility index (Phi) is 6.08. The minimum atomic E-state index is -0.259. The minimum Gasteiger partial charge on any atom is -0.395 e. The van der Waals surface area contributed by atoms with Gasteiger partial charge in [0, 0.05) is 24.1 Å². The van der Waals surface area contributed by atoms with E-state index in [2.05, 4.69) is 22.5 Å². The molecule has 4 heteroatoms. The second-order valence-corrected chi connectivity index (χ2v) is 5.49. The van der Waals surface area contributed by atoms with Crippen LogP contribution in [0.1, 0.15) is 38.3 Å². The van der Waals surface area contributed by atoms with Gasteiger partial charge >= 0.3 is 6.03 Å². The molecular weight excluding hydrogens is 252 g/mol. The van der Waals surface area contributed by atoms with Crippen LogP contribution >= 0.6 is 0 Å². The van der Waals surface area contributed by atoms with Crippen molar-refractivity contribution >= 4 is 6.03 Å². The number of hydrogen-bond donors (Lipinski definition) is 3. The van der Waals surface area contributed by atoms with Crippen molar-refractivity contribution in [1.82, 2.24) is 10.6 Å². The van der Waals surface area contributed by atoms with Crippen LogP contribution < -0.4 is 10.6 Å². The second-order valence-electron chi connectivity index (χ2n) is 5.49. The van der Waals surface area contributed by atoms with Crippen LogP contribution in [0.2, 0.25) is 0 Å². The van der Waals surface area contributed by atoms with Crippen LogP contribution in [0.4, 0.5) is 4.79 Å². The van der Waals surface area contributed by atoms with E-state index >= 15 is 0 Å². The standard InChI is InChI=1S/C16H22N2O2/c1-16(2,3)18-15(20)17-12-14-10-5-4-8-13(14)9-6-7-11-19/h4-5,8,10,19H,7,11-12H2,1-3H3,(H2,17,18,20). The fourth-order valence-electron chi connectivity index (χ4n) is 1.57. The lowest BCUT2D eigenvalue weighted by Gasteiger charge is -2.20. The topological polar surface area (TPSA) is 61.4 Å². The summed E-state index contributed by atoms with van der Waals surface area (Å²) in [6.45, 7) is 6.27.